The van der Waals surface area contributed by atoms with Gasteiger partial charge in [-0.3, -0.25) is 4.79 Å². The van der Waals surface area contributed by atoms with Crippen LogP contribution in [0.15, 0.2) is 12.4 Å². The van der Waals surface area contributed by atoms with Gasteiger partial charge in [0.05, 0.1) is 6.61 Å². The molecule has 0 fully saturated rings. The molecule has 0 aliphatic carbocycles. The highest BCUT2D eigenvalue weighted by atomic mass is 16.5. The lowest BCUT2D eigenvalue weighted by Crippen LogP contribution is -2.31. The lowest BCUT2D eigenvalue weighted by molar-refractivity contribution is -0.123. The maximum Gasteiger partial charge on any atom is 0.222 e. The van der Waals surface area contributed by atoms with Crippen molar-refractivity contribution >= 4 is 11.7 Å². The highest BCUT2D eigenvalue weighted by Crippen LogP contribution is 2.09. The Bertz CT molecular complexity index is 382. The van der Waals surface area contributed by atoms with Crippen molar-refractivity contribution in [3.8, 4) is 5.88 Å². The quantitative estimate of drug-likeness (QED) is 0.710. The number of nitrogens with zero attached hydrogens (tertiary/aromatic N) is 2. The minimum atomic E-state index is 0.00797. The summed E-state index contributed by atoms with van der Waals surface area (Å²) in [6.07, 6.45) is 1.44. The van der Waals surface area contributed by atoms with Crippen molar-refractivity contribution in [2.24, 2.45) is 5.92 Å². The first-order valence-corrected chi connectivity index (χ1v) is 6.10. The number of rotatable bonds is 7. The second-order valence-corrected chi connectivity index (χ2v) is 4.05. The molecule has 1 heterocycles. The summed E-state index contributed by atoms with van der Waals surface area (Å²) in [5, 5.41) is 5.91. The molecular formula is C12H20N4O2. The van der Waals surface area contributed by atoms with Crippen LogP contribution in [0.1, 0.15) is 20.8 Å². The molecule has 0 aliphatic heterocycles. The van der Waals surface area contributed by atoms with Crippen molar-refractivity contribution in [3.05, 3.63) is 12.4 Å². The van der Waals surface area contributed by atoms with E-state index < -0.39 is 0 Å². The van der Waals surface area contributed by atoms with Gasteiger partial charge in [0.15, 0.2) is 0 Å². The van der Waals surface area contributed by atoms with Crippen LogP contribution < -0.4 is 15.4 Å². The van der Waals surface area contributed by atoms with Gasteiger partial charge in [-0.05, 0) is 6.92 Å². The van der Waals surface area contributed by atoms with Gasteiger partial charge in [0.2, 0.25) is 11.8 Å². The van der Waals surface area contributed by atoms with Crippen LogP contribution in [0, 0.1) is 5.92 Å². The van der Waals surface area contributed by atoms with E-state index in [0.717, 1.165) is 0 Å². The molecule has 2 N–H and O–H groups in total. The largest absolute Gasteiger partial charge is 0.478 e. The second kappa shape index (κ2) is 7.47. The van der Waals surface area contributed by atoms with Crippen LogP contribution in [0.4, 0.5) is 5.82 Å². The molecule has 18 heavy (non-hydrogen) atoms. The van der Waals surface area contributed by atoms with E-state index in [-0.39, 0.29) is 11.8 Å². The molecule has 6 nitrogen and oxygen atoms in total. The Morgan fingerprint density at radius 1 is 1.39 bits per heavy atom. The van der Waals surface area contributed by atoms with Gasteiger partial charge in [0.25, 0.3) is 0 Å². The van der Waals surface area contributed by atoms with Gasteiger partial charge in [-0.1, -0.05) is 13.8 Å². The fraction of sp³-hybridized carbons (Fsp3) is 0.583. The van der Waals surface area contributed by atoms with Crippen LogP contribution in [-0.4, -0.2) is 35.6 Å². The number of carbonyl (C=O) groups is 1. The van der Waals surface area contributed by atoms with Crippen molar-refractivity contribution in [1.29, 1.82) is 0 Å². The Morgan fingerprint density at radius 2 is 2.17 bits per heavy atom. The van der Waals surface area contributed by atoms with Crippen LogP contribution in [0.2, 0.25) is 0 Å². The Hall–Kier alpha value is -1.85. The number of nitrogens with one attached hydrogen (secondary N) is 2. The monoisotopic (exact) mass is 252 g/mol. The lowest BCUT2D eigenvalue weighted by atomic mass is 10.2. The Kier molecular flexibility index (Phi) is 5.90. The molecule has 100 valence electrons. The predicted molar refractivity (Wildman–Crippen MR) is 69.5 cm³/mol. The number of amides is 1. The van der Waals surface area contributed by atoms with Gasteiger partial charge >= 0.3 is 0 Å². The average molecular weight is 252 g/mol. The molecule has 1 amide bonds. The van der Waals surface area contributed by atoms with E-state index in [0.29, 0.717) is 31.4 Å². The minimum absolute atomic E-state index is 0.00797. The topological polar surface area (TPSA) is 76.1 Å². The van der Waals surface area contributed by atoms with Gasteiger partial charge in [0, 0.05) is 25.1 Å². The van der Waals surface area contributed by atoms with Crippen molar-refractivity contribution in [2.45, 2.75) is 20.8 Å². The molecule has 0 spiro atoms. The number of aromatic nitrogens is 2. The van der Waals surface area contributed by atoms with Crippen molar-refractivity contribution in [1.82, 2.24) is 15.3 Å². The maximum absolute atomic E-state index is 11.3. The van der Waals surface area contributed by atoms with Gasteiger partial charge in [-0.25, -0.2) is 9.97 Å². The van der Waals surface area contributed by atoms with Gasteiger partial charge in [0.1, 0.15) is 12.1 Å². The summed E-state index contributed by atoms with van der Waals surface area (Å²) in [7, 11) is 0. The molecule has 0 bridgehead atoms. The summed E-state index contributed by atoms with van der Waals surface area (Å²) < 4.78 is 5.26. The molecule has 0 aromatic carbocycles. The maximum atomic E-state index is 11.3. The Balaban J connectivity index is 2.30. The zero-order valence-corrected chi connectivity index (χ0v) is 11.1. The Labute approximate surface area is 107 Å². The molecular weight excluding hydrogens is 232 g/mol. The summed E-state index contributed by atoms with van der Waals surface area (Å²) >= 11 is 0. The van der Waals surface area contributed by atoms with Crippen LogP contribution in [0.3, 0.4) is 0 Å². The number of hydrogen-bond acceptors (Lipinski definition) is 5. The molecule has 1 aromatic rings. The van der Waals surface area contributed by atoms with Crippen molar-refractivity contribution in [3.63, 3.8) is 0 Å². The number of ether oxygens (including phenoxy) is 1. The fourth-order valence-corrected chi connectivity index (χ4v) is 1.24. The van der Waals surface area contributed by atoms with E-state index in [1.54, 1.807) is 6.07 Å². The highest BCUT2D eigenvalue weighted by molar-refractivity contribution is 5.77. The molecule has 1 aromatic heterocycles. The number of anilines is 1. The van der Waals surface area contributed by atoms with Gasteiger partial charge < -0.3 is 15.4 Å². The molecule has 1 rings (SSSR count). The summed E-state index contributed by atoms with van der Waals surface area (Å²) in [5.41, 5.74) is 0. The first-order valence-electron chi connectivity index (χ1n) is 6.10. The van der Waals surface area contributed by atoms with E-state index in [9.17, 15) is 4.79 Å². The van der Waals surface area contributed by atoms with Crippen LogP contribution in [-0.2, 0) is 4.79 Å². The standard InChI is InChI=1S/C12H20N4O2/c1-4-18-11-7-10(15-8-16-11)13-5-6-14-12(17)9(2)3/h7-9H,4-6H2,1-3H3,(H,14,17)(H,13,15,16). The van der Waals surface area contributed by atoms with Crippen molar-refractivity contribution in [2.75, 3.05) is 25.0 Å². The molecule has 0 saturated heterocycles. The average Bonchev–Trinajstić information content (AvgIpc) is 2.35. The molecule has 0 atom stereocenters. The van der Waals surface area contributed by atoms with Crippen LogP contribution in [0.25, 0.3) is 0 Å². The lowest BCUT2D eigenvalue weighted by Gasteiger charge is -2.09. The van der Waals surface area contributed by atoms with E-state index in [1.807, 2.05) is 20.8 Å². The minimum Gasteiger partial charge on any atom is -0.478 e. The van der Waals surface area contributed by atoms with E-state index >= 15 is 0 Å². The Morgan fingerprint density at radius 3 is 2.83 bits per heavy atom. The molecule has 6 heteroatoms. The summed E-state index contributed by atoms with van der Waals surface area (Å²) in [4.78, 5) is 19.3. The highest BCUT2D eigenvalue weighted by Gasteiger charge is 2.05. The SMILES string of the molecule is CCOc1cc(NCCNC(=O)C(C)C)ncn1. The summed E-state index contributed by atoms with van der Waals surface area (Å²) in [6.45, 7) is 7.37. The number of hydrogen-bond donors (Lipinski definition) is 2. The molecule has 0 unspecified atom stereocenters. The molecule has 0 aliphatic rings. The van der Waals surface area contributed by atoms with Crippen molar-refractivity contribution < 1.29 is 9.53 Å². The number of carbonyl (C=O) groups excluding carboxylic acids is 1. The van der Waals surface area contributed by atoms with E-state index in [4.69, 9.17) is 4.74 Å². The first-order chi connectivity index (χ1) is 8.63. The predicted octanol–water partition coefficient (Wildman–Crippen LogP) is 1.06. The van der Waals surface area contributed by atoms with Crippen LogP contribution in [0.5, 0.6) is 5.88 Å². The summed E-state index contributed by atoms with van der Waals surface area (Å²) in [6, 6.07) is 1.73. The van der Waals surface area contributed by atoms with Gasteiger partial charge in [-0.2, -0.15) is 0 Å². The second-order valence-electron chi connectivity index (χ2n) is 4.05. The molecule has 0 saturated carbocycles. The molecule has 0 radical (unpaired) electrons. The third-order valence-electron chi connectivity index (χ3n) is 2.19. The zero-order chi connectivity index (χ0) is 13.4. The fourth-order valence-electron chi connectivity index (χ4n) is 1.24. The summed E-state index contributed by atoms with van der Waals surface area (Å²) in [5.74, 6) is 1.29. The third kappa shape index (κ3) is 4.99. The van der Waals surface area contributed by atoms with Gasteiger partial charge in [-0.15, -0.1) is 0 Å². The third-order valence-corrected chi connectivity index (χ3v) is 2.19. The smallest absolute Gasteiger partial charge is 0.222 e. The normalized spacial score (nSPS) is 10.2. The first kappa shape index (κ1) is 14.2. The van der Waals surface area contributed by atoms with E-state index in [2.05, 4.69) is 20.6 Å². The van der Waals surface area contributed by atoms with Crippen LogP contribution >= 0.6 is 0 Å². The zero-order valence-electron chi connectivity index (χ0n) is 11.1. The van der Waals surface area contributed by atoms with E-state index in [1.165, 1.54) is 6.33 Å².